The van der Waals surface area contributed by atoms with Crippen molar-refractivity contribution in [1.29, 1.82) is 0 Å². The number of hydrogen-bond donors (Lipinski definition) is 3. The molecule has 0 bridgehead atoms. The van der Waals surface area contributed by atoms with E-state index in [1.165, 1.54) is 0 Å². The number of carboxylic acid groups (broad SMARTS) is 1. The standard InChI is InChI=1S/C9H19N3O2/c1-12-5-3-7(6-12)11-4-2-8(10)9(13)14/h7-8,11H,2-6,10H2,1H3,(H,13,14). The van der Waals surface area contributed by atoms with Gasteiger partial charge in [0.1, 0.15) is 6.04 Å². The number of likely N-dealkylation sites (N-methyl/N-ethyl adjacent to an activating group) is 1. The van der Waals surface area contributed by atoms with E-state index in [-0.39, 0.29) is 0 Å². The highest BCUT2D eigenvalue weighted by Crippen LogP contribution is 2.05. The first-order chi connectivity index (χ1) is 6.59. The van der Waals surface area contributed by atoms with Crippen molar-refractivity contribution >= 4 is 5.97 Å². The van der Waals surface area contributed by atoms with E-state index in [4.69, 9.17) is 10.8 Å². The number of nitrogens with two attached hydrogens (primary N) is 1. The maximum atomic E-state index is 10.4. The van der Waals surface area contributed by atoms with Crippen LogP contribution >= 0.6 is 0 Å². The molecule has 0 aromatic rings. The third kappa shape index (κ3) is 3.61. The second-order valence-electron chi connectivity index (χ2n) is 3.94. The van der Waals surface area contributed by atoms with Crippen LogP contribution in [0.1, 0.15) is 12.8 Å². The van der Waals surface area contributed by atoms with Gasteiger partial charge in [-0.1, -0.05) is 0 Å². The van der Waals surface area contributed by atoms with Gasteiger partial charge in [-0.2, -0.15) is 0 Å². The third-order valence-electron chi connectivity index (χ3n) is 2.60. The van der Waals surface area contributed by atoms with Gasteiger partial charge in [-0.25, -0.2) is 0 Å². The average Bonchev–Trinajstić information content (AvgIpc) is 2.51. The molecule has 1 aliphatic heterocycles. The summed E-state index contributed by atoms with van der Waals surface area (Å²) in [6.07, 6.45) is 1.63. The third-order valence-corrected chi connectivity index (χ3v) is 2.60. The number of nitrogens with zero attached hydrogens (tertiary/aromatic N) is 1. The Bertz CT molecular complexity index is 198. The highest BCUT2D eigenvalue weighted by atomic mass is 16.4. The molecule has 1 rings (SSSR count). The summed E-state index contributed by atoms with van der Waals surface area (Å²) in [6.45, 7) is 2.84. The largest absolute Gasteiger partial charge is 0.480 e. The minimum absolute atomic E-state index is 0.496. The summed E-state index contributed by atoms with van der Waals surface area (Å²) < 4.78 is 0. The molecular weight excluding hydrogens is 182 g/mol. The van der Waals surface area contributed by atoms with E-state index in [0.29, 0.717) is 19.0 Å². The van der Waals surface area contributed by atoms with Crippen LogP contribution in [0.2, 0.25) is 0 Å². The van der Waals surface area contributed by atoms with Crippen LogP contribution in [0.5, 0.6) is 0 Å². The van der Waals surface area contributed by atoms with Gasteiger partial charge in [-0.3, -0.25) is 4.79 Å². The highest BCUT2D eigenvalue weighted by Gasteiger charge is 2.19. The highest BCUT2D eigenvalue weighted by molar-refractivity contribution is 5.72. The van der Waals surface area contributed by atoms with Gasteiger partial charge in [-0.05, 0) is 33.0 Å². The van der Waals surface area contributed by atoms with Gasteiger partial charge in [0.15, 0.2) is 0 Å². The molecule has 1 fully saturated rings. The molecule has 0 aromatic carbocycles. The van der Waals surface area contributed by atoms with Gasteiger partial charge in [-0.15, -0.1) is 0 Å². The van der Waals surface area contributed by atoms with E-state index in [1.807, 2.05) is 0 Å². The van der Waals surface area contributed by atoms with Crippen LogP contribution in [0.25, 0.3) is 0 Å². The number of nitrogens with one attached hydrogen (secondary N) is 1. The molecule has 4 N–H and O–H groups in total. The fourth-order valence-corrected chi connectivity index (χ4v) is 1.67. The van der Waals surface area contributed by atoms with E-state index < -0.39 is 12.0 Å². The molecule has 0 saturated carbocycles. The van der Waals surface area contributed by atoms with E-state index in [1.54, 1.807) is 0 Å². The average molecular weight is 201 g/mol. The zero-order chi connectivity index (χ0) is 10.6. The lowest BCUT2D eigenvalue weighted by molar-refractivity contribution is -0.138. The lowest BCUT2D eigenvalue weighted by Crippen LogP contribution is -2.37. The van der Waals surface area contributed by atoms with Crippen molar-refractivity contribution in [3.8, 4) is 0 Å². The Balaban J connectivity index is 2.07. The molecule has 1 heterocycles. The van der Waals surface area contributed by atoms with Crippen molar-refractivity contribution in [1.82, 2.24) is 10.2 Å². The molecule has 0 aromatic heterocycles. The molecule has 0 spiro atoms. The number of carbonyl (C=O) groups is 1. The van der Waals surface area contributed by atoms with Crippen molar-refractivity contribution < 1.29 is 9.90 Å². The first-order valence-corrected chi connectivity index (χ1v) is 5.00. The van der Waals surface area contributed by atoms with E-state index in [2.05, 4.69) is 17.3 Å². The fraction of sp³-hybridized carbons (Fsp3) is 0.889. The topological polar surface area (TPSA) is 78.6 Å². The molecule has 5 nitrogen and oxygen atoms in total. The van der Waals surface area contributed by atoms with E-state index >= 15 is 0 Å². The smallest absolute Gasteiger partial charge is 0.320 e. The zero-order valence-corrected chi connectivity index (χ0v) is 8.57. The number of aliphatic carboxylic acids is 1. The van der Waals surface area contributed by atoms with Crippen LogP contribution in [0, 0.1) is 0 Å². The minimum Gasteiger partial charge on any atom is -0.480 e. The van der Waals surface area contributed by atoms with E-state index in [9.17, 15) is 4.79 Å². The summed E-state index contributed by atoms with van der Waals surface area (Å²) in [7, 11) is 2.09. The molecule has 0 amide bonds. The number of carboxylic acids is 1. The summed E-state index contributed by atoms with van der Waals surface area (Å²) in [6, 6.07) is -0.234. The normalized spacial score (nSPS) is 25.1. The molecular formula is C9H19N3O2. The Labute approximate surface area is 84.3 Å². The predicted molar refractivity (Wildman–Crippen MR) is 54.1 cm³/mol. The van der Waals surface area contributed by atoms with Gasteiger partial charge < -0.3 is 21.1 Å². The lowest BCUT2D eigenvalue weighted by atomic mass is 10.2. The Hall–Kier alpha value is -0.650. The van der Waals surface area contributed by atoms with Crippen LogP contribution in [0.4, 0.5) is 0 Å². The molecule has 1 aliphatic rings. The maximum Gasteiger partial charge on any atom is 0.320 e. The van der Waals surface area contributed by atoms with Crippen LogP contribution < -0.4 is 11.1 Å². The zero-order valence-electron chi connectivity index (χ0n) is 8.57. The van der Waals surface area contributed by atoms with E-state index in [0.717, 1.165) is 19.5 Å². The van der Waals surface area contributed by atoms with Crippen molar-refractivity contribution in [2.24, 2.45) is 5.73 Å². The number of rotatable bonds is 5. The second-order valence-corrected chi connectivity index (χ2v) is 3.94. The quantitative estimate of drug-likeness (QED) is 0.536. The Morgan fingerprint density at radius 2 is 2.50 bits per heavy atom. The molecule has 2 atom stereocenters. The molecule has 0 aliphatic carbocycles. The van der Waals surface area contributed by atoms with Gasteiger partial charge in [0.05, 0.1) is 0 Å². The van der Waals surface area contributed by atoms with Crippen molar-refractivity contribution in [3.63, 3.8) is 0 Å². The molecule has 5 heteroatoms. The second kappa shape index (κ2) is 5.29. The Kier molecular flexibility index (Phi) is 4.31. The molecule has 14 heavy (non-hydrogen) atoms. The molecule has 82 valence electrons. The number of likely N-dealkylation sites (tertiary alicyclic amines) is 1. The molecule has 2 unspecified atom stereocenters. The van der Waals surface area contributed by atoms with Crippen LogP contribution in [-0.2, 0) is 4.79 Å². The first-order valence-electron chi connectivity index (χ1n) is 5.00. The number of hydrogen-bond acceptors (Lipinski definition) is 4. The summed E-state index contributed by atoms with van der Waals surface area (Å²) >= 11 is 0. The summed E-state index contributed by atoms with van der Waals surface area (Å²) in [5.41, 5.74) is 5.38. The van der Waals surface area contributed by atoms with Gasteiger partial charge in [0.2, 0.25) is 0 Å². The summed E-state index contributed by atoms with van der Waals surface area (Å²) in [5.74, 6) is -0.921. The van der Waals surface area contributed by atoms with Crippen LogP contribution in [-0.4, -0.2) is 54.7 Å². The van der Waals surface area contributed by atoms with Gasteiger partial charge in [0, 0.05) is 12.6 Å². The van der Waals surface area contributed by atoms with Crippen LogP contribution in [0.3, 0.4) is 0 Å². The maximum absolute atomic E-state index is 10.4. The predicted octanol–water partition coefficient (Wildman–Crippen LogP) is -0.918. The Morgan fingerprint density at radius 3 is 3.00 bits per heavy atom. The van der Waals surface area contributed by atoms with Crippen molar-refractivity contribution in [2.75, 3.05) is 26.7 Å². The fourth-order valence-electron chi connectivity index (χ4n) is 1.67. The summed E-state index contributed by atoms with van der Waals surface area (Å²) in [5, 5.41) is 11.9. The monoisotopic (exact) mass is 201 g/mol. The SMILES string of the molecule is CN1CCC(NCCC(N)C(=O)O)C1. The van der Waals surface area contributed by atoms with Gasteiger partial charge in [0.25, 0.3) is 0 Å². The molecule has 1 saturated heterocycles. The minimum atomic E-state index is -0.921. The van der Waals surface area contributed by atoms with Crippen molar-refractivity contribution in [3.05, 3.63) is 0 Å². The van der Waals surface area contributed by atoms with Crippen molar-refractivity contribution in [2.45, 2.75) is 24.9 Å². The molecule has 0 radical (unpaired) electrons. The summed E-state index contributed by atoms with van der Waals surface area (Å²) in [4.78, 5) is 12.7. The Morgan fingerprint density at radius 1 is 1.79 bits per heavy atom. The lowest BCUT2D eigenvalue weighted by Gasteiger charge is -2.13. The first kappa shape index (κ1) is 11.4. The van der Waals surface area contributed by atoms with Gasteiger partial charge >= 0.3 is 5.97 Å². The van der Waals surface area contributed by atoms with Crippen LogP contribution in [0.15, 0.2) is 0 Å².